The van der Waals surface area contributed by atoms with Gasteiger partial charge < -0.3 is 9.72 Å². The quantitative estimate of drug-likeness (QED) is 0.770. The van der Waals surface area contributed by atoms with Crippen molar-refractivity contribution in [1.82, 2.24) is 14.9 Å². The van der Waals surface area contributed by atoms with Gasteiger partial charge in [0.2, 0.25) is 0 Å². The summed E-state index contributed by atoms with van der Waals surface area (Å²) in [5, 5.41) is 0. The number of H-pyrrole nitrogens is 1. The number of hydrogen-bond acceptors (Lipinski definition) is 3. The number of piperidine rings is 1. The van der Waals surface area contributed by atoms with Crippen molar-refractivity contribution < 1.29 is 13.9 Å². The largest absolute Gasteiger partial charge is 0.444 e. The number of fused-ring (bicyclic) bond motifs is 2. The van der Waals surface area contributed by atoms with Gasteiger partial charge in [0, 0.05) is 10.5 Å². The van der Waals surface area contributed by atoms with Crippen LogP contribution in [0.3, 0.4) is 0 Å². The Kier molecular flexibility index (Phi) is 3.43. The number of carbonyl (C=O) groups excluding carboxylic acids is 1. The van der Waals surface area contributed by atoms with Gasteiger partial charge in [0.05, 0.1) is 11.6 Å². The van der Waals surface area contributed by atoms with Crippen molar-refractivity contribution in [2.24, 2.45) is 5.92 Å². The molecule has 5 nitrogen and oxygen atoms in total. The van der Waals surface area contributed by atoms with Crippen LogP contribution in [-0.4, -0.2) is 32.6 Å². The fourth-order valence-electron chi connectivity index (χ4n) is 3.50. The molecule has 0 radical (unpaired) electrons. The summed E-state index contributed by atoms with van der Waals surface area (Å²) in [5.74, 6) is 0.737. The molecule has 1 amide bonds. The number of nitrogens with one attached hydrogen (secondary N) is 1. The Morgan fingerprint density at radius 1 is 1.42 bits per heavy atom. The highest BCUT2D eigenvalue weighted by Gasteiger charge is 2.56. The third-order valence-corrected chi connectivity index (χ3v) is 5.01. The zero-order chi connectivity index (χ0) is 17.2. The Morgan fingerprint density at radius 3 is 2.88 bits per heavy atom. The van der Waals surface area contributed by atoms with Crippen molar-refractivity contribution in [3.8, 4) is 0 Å². The molecule has 1 saturated carbocycles. The third-order valence-electron chi connectivity index (χ3n) is 4.55. The predicted octanol–water partition coefficient (Wildman–Crippen LogP) is 4.53. The Balaban J connectivity index is 1.68. The van der Waals surface area contributed by atoms with Crippen LogP contribution >= 0.6 is 15.9 Å². The molecule has 0 bridgehead atoms. The second-order valence-electron chi connectivity index (χ2n) is 7.61. The topological polar surface area (TPSA) is 58.2 Å². The van der Waals surface area contributed by atoms with Gasteiger partial charge in [-0.25, -0.2) is 14.2 Å². The summed E-state index contributed by atoms with van der Waals surface area (Å²) in [7, 11) is 0. The monoisotopic (exact) mass is 395 g/mol. The highest BCUT2D eigenvalue weighted by molar-refractivity contribution is 9.10. The van der Waals surface area contributed by atoms with E-state index in [2.05, 4.69) is 25.9 Å². The minimum atomic E-state index is -0.542. The van der Waals surface area contributed by atoms with E-state index in [0.717, 1.165) is 12.8 Å². The Bertz CT molecular complexity index is 829. The summed E-state index contributed by atoms with van der Waals surface area (Å²) in [6.45, 7) is 5.57. The maximum absolute atomic E-state index is 14.1. The highest BCUT2D eigenvalue weighted by atomic mass is 79.9. The first-order valence-corrected chi connectivity index (χ1v) is 8.88. The lowest BCUT2D eigenvalue weighted by Crippen LogP contribution is -2.38. The first-order valence-electron chi connectivity index (χ1n) is 8.09. The molecule has 2 aliphatic rings. The lowest BCUT2D eigenvalue weighted by Gasteiger charge is -2.29. The number of carbonyl (C=O) groups is 1. The number of ether oxygens (including phenoxy) is 1. The van der Waals surface area contributed by atoms with Crippen LogP contribution in [0.15, 0.2) is 16.6 Å². The SMILES string of the molecule is CC(C)(C)OC(=O)N1[C@@H]2C[C@@H]2C[C@H]1c1nc2c(F)cc(Br)cc2[nH]1. The molecule has 1 saturated heterocycles. The van der Waals surface area contributed by atoms with Gasteiger partial charge in [0.15, 0.2) is 5.82 Å². The van der Waals surface area contributed by atoms with Crippen LogP contribution < -0.4 is 0 Å². The Hall–Kier alpha value is -1.63. The van der Waals surface area contributed by atoms with E-state index in [-0.39, 0.29) is 24.0 Å². The van der Waals surface area contributed by atoms with E-state index in [1.165, 1.54) is 6.07 Å². The van der Waals surface area contributed by atoms with Crippen LogP contribution in [0.4, 0.5) is 9.18 Å². The number of aromatic nitrogens is 2. The molecule has 4 rings (SSSR count). The average Bonchev–Trinajstić information content (AvgIpc) is 2.92. The molecule has 1 aromatic carbocycles. The van der Waals surface area contributed by atoms with Gasteiger partial charge >= 0.3 is 6.09 Å². The summed E-state index contributed by atoms with van der Waals surface area (Å²) >= 11 is 3.29. The molecule has 1 aliphatic carbocycles. The number of rotatable bonds is 1. The molecular formula is C17H19BrFN3O2. The Labute approximate surface area is 147 Å². The van der Waals surface area contributed by atoms with Crippen LogP contribution in [0.1, 0.15) is 45.5 Å². The van der Waals surface area contributed by atoms with E-state index in [4.69, 9.17) is 4.74 Å². The molecule has 7 heteroatoms. The van der Waals surface area contributed by atoms with Crippen LogP contribution in [0.2, 0.25) is 0 Å². The van der Waals surface area contributed by atoms with Gasteiger partial charge in [-0.3, -0.25) is 4.90 Å². The molecule has 2 aromatic rings. The molecule has 2 heterocycles. The van der Waals surface area contributed by atoms with Crippen molar-refractivity contribution in [2.45, 2.75) is 51.3 Å². The van der Waals surface area contributed by atoms with Gasteiger partial charge in [-0.05, 0) is 51.7 Å². The summed E-state index contributed by atoms with van der Waals surface area (Å²) in [6, 6.07) is 3.22. The standard InChI is InChI=1S/C17H19BrFN3O2/c1-17(2,3)24-16(23)22-12-4-8(12)5-13(22)15-20-11-7-9(18)6-10(19)14(11)21-15/h6-8,12-13H,4-5H2,1-3H3,(H,20,21)/t8-,12-,13+/m1/s1. The number of aromatic amines is 1. The second kappa shape index (κ2) is 5.18. The van der Waals surface area contributed by atoms with Crippen molar-refractivity contribution in [3.63, 3.8) is 0 Å². The zero-order valence-corrected chi connectivity index (χ0v) is 15.4. The maximum Gasteiger partial charge on any atom is 0.411 e. The molecule has 1 aliphatic heterocycles. The van der Waals surface area contributed by atoms with E-state index in [1.807, 2.05) is 20.8 Å². The molecule has 1 aromatic heterocycles. The number of imidazole rings is 1. The number of halogens is 2. The van der Waals surface area contributed by atoms with Crippen molar-refractivity contribution in [2.75, 3.05) is 0 Å². The van der Waals surface area contributed by atoms with Crippen LogP contribution in [0.5, 0.6) is 0 Å². The second-order valence-corrected chi connectivity index (χ2v) is 8.52. The first kappa shape index (κ1) is 15.9. The van der Waals surface area contributed by atoms with Gasteiger partial charge in [0.1, 0.15) is 16.9 Å². The average molecular weight is 396 g/mol. The maximum atomic E-state index is 14.1. The minimum absolute atomic E-state index is 0.186. The molecule has 3 atom stereocenters. The highest BCUT2D eigenvalue weighted by Crippen LogP contribution is 2.53. The van der Waals surface area contributed by atoms with Crippen LogP contribution in [0.25, 0.3) is 11.0 Å². The first-order chi connectivity index (χ1) is 11.2. The summed E-state index contributed by atoms with van der Waals surface area (Å²) in [5.41, 5.74) is 0.388. The minimum Gasteiger partial charge on any atom is -0.444 e. The van der Waals surface area contributed by atoms with Crippen LogP contribution in [-0.2, 0) is 4.74 Å². The van der Waals surface area contributed by atoms with E-state index in [0.29, 0.717) is 27.2 Å². The number of hydrogen-bond donors (Lipinski definition) is 1. The molecule has 0 spiro atoms. The van der Waals surface area contributed by atoms with E-state index >= 15 is 0 Å². The van der Waals surface area contributed by atoms with Crippen molar-refractivity contribution >= 4 is 33.1 Å². The fraction of sp³-hybridized carbons (Fsp3) is 0.529. The van der Waals surface area contributed by atoms with Gasteiger partial charge in [-0.1, -0.05) is 15.9 Å². The molecule has 1 N–H and O–H groups in total. The number of benzene rings is 1. The number of likely N-dealkylation sites (tertiary alicyclic amines) is 1. The van der Waals surface area contributed by atoms with Gasteiger partial charge in [-0.15, -0.1) is 0 Å². The van der Waals surface area contributed by atoms with E-state index in [9.17, 15) is 9.18 Å². The van der Waals surface area contributed by atoms with Gasteiger partial charge in [-0.2, -0.15) is 0 Å². The summed E-state index contributed by atoms with van der Waals surface area (Å²) < 4.78 is 20.3. The summed E-state index contributed by atoms with van der Waals surface area (Å²) in [4.78, 5) is 22.0. The molecular weight excluding hydrogens is 377 g/mol. The van der Waals surface area contributed by atoms with Gasteiger partial charge in [0.25, 0.3) is 0 Å². The third kappa shape index (κ3) is 2.68. The van der Waals surface area contributed by atoms with Crippen molar-refractivity contribution in [3.05, 3.63) is 28.2 Å². The smallest absolute Gasteiger partial charge is 0.411 e. The molecule has 0 unspecified atom stereocenters. The molecule has 2 fully saturated rings. The zero-order valence-electron chi connectivity index (χ0n) is 13.8. The summed E-state index contributed by atoms with van der Waals surface area (Å²) in [6.07, 6.45) is 1.53. The molecule has 24 heavy (non-hydrogen) atoms. The van der Waals surface area contributed by atoms with E-state index in [1.54, 1.807) is 11.0 Å². The molecule has 128 valence electrons. The van der Waals surface area contributed by atoms with Crippen molar-refractivity contribution in [1.29, 1.82) is 0 Å². The number of amides is 1. The van der Waals surface area contributed by atoms with Crippen LogP contribution in [0, 0.1) is 11.7 Å². The normalized spacial score (nSPS) is 25.9. The lowest BCUT2D eigenvalue weighted by atomic mass is 10.1. The predicted molar refractivity (Wildman–Crippen MR) is 91.1 cm³/mol. The lowest BCUT2D eigenvalue weighted by molar-refractivity contribution is 0.0175. The Morgan fingerprint density at radius 2 is 2.17 bits per heavy atom. The van der Waals surface area contributed by atoms with E-state index < -0.39 is 5.60 Å². The fourth-order valence-corrected chi connectivity index (χ4v) is 3.93. The number of nitrogens with zero attached hydrogens (tertiary/aromatic N) is 2.